The number of sulfonamides is 1. The van der Waals surface area contributed by atoms with E-state index in [0.717, 1.165) is 30.2 Å². The number of hydrogen-bond donors (Lipinski definition) is 1. The summed E-state index contributed by atoms with van der Waals surface area (Å²) >= 11 is 0. The molecule has 1 aliphatic rings. The SMILES string of the molecule is CS(=O)(=O)NCC1CCCN(C(=O)c2occc2-c2ccccc2)C1. The van der Waals surface area contributed by atoms with Crippen molar-refractivity contribution in [2.24, 2.45) is 5.92 Å². The zero-order valence-electron chi connectivity index (χ0n) is 14.1. The van der Waals surface area contributed by atoms with Crippen LogP contribution in [0.3, 0.4) is 0 Å². The Morgan fingerprint density at radius 3 is 2.76 bits per heavy atom. The number of likely N-dealkylation sites (tertiary alicyclic amines) is 1. The monoisotopic (exact) mass is 362 g/mol. The van der Waals surface area contributed by atoms with Crippen LogP contribution in [0.4, 0.5) is 0 Å². The molecule has 7 heteroatoms. The second kappa shape index (κ2) is 7.41. The van der Waals surface area contributed by atoms with E-state index in [1.165, 1.54) is 6.26 Å². The minimum atomic E-state index is -3.22. The molecule has 1 unspecified atom stereocenters. The lowest BCUT2D eigenvalue weighted by molar-refractivity contribution is 0.0645. The fourth-order valence-electron chi connectivity index (χ4n) is 3.15. The van der Waals surface area contributed by atoms with Crippen LogP contribution in [0.25, 0.3) is 11.1 Å². The van der Waals surface area contributed by atoms with Crippen LogP contribution in [0.5, 0.6) is 0 Å². The summed E-state index contributed by atoms with van der Waals surface area (Å²) in [7, 11) is -3.22. The maximum absolute atomic E-state index is 12.9. The van der Waals surface area contributed by atoms with Crippen molar-refractivity contribution in [2.45, 2.75) is 12.8 Å². The van der Waals surface area contributed by atoms with Gasteiger partial charge in [0.05, 0.1) is 12.5 Å². The number of nitrogens with zero attached hydrogens (tertiary/aromatic N) is 1. The van der Waals surface area contributed by atoms with Crippen molar-refractivity contribution in [2.75, 3.05) is 25.9 Å². The van der Waals surface area contributed by atoms with Gasteiger partial charge in [0.15, 0.2) is 5.76 Å². The van der Waals surface area contributed by atoms with Crippen LogP contribution in [-0.4, -0.2) is 45.1 Å². The molecule has 1 aromatic heterocycles. The van der Waals surface area contributed by atoms with E-state index in [1.54, 1.807) is 11.0 Å². The lowest BCUT2D eigenvalue weighted by Gasteiger charge is -2.32. The number of benzene rings is 1. The summed E-state index contributed by atoms with van der Waals surface area (Å²) in [5.41, 5.74) is 1.72. The fraction of sp³-hybridized carbons (Fsp3) is 0.389. The molecule has 6 nitrogen and oxygen atoms in total. The average Bonchev–Trinajstić information content (AvgIpc) is 3.09. The number of nitrogens with one attached hydrogen (secondary N) is 1. The normalized spacial score (nSPS) is 18.3. The Kier molecular flexibility index (Phi) is 5.24. The Morgan fingerprint density at radius 1 is 1.28 bits per heavy atom. The average molecular weight is 362 g/mol. The van der Waals surface area contributed by atoms with E-state index in [-0.39, 0.29) is 11.8 Å². The zero-order chi connectivity index (χ0) is 17.9. The van der Waals surface area contributed by atoms with Crippen molar-refractivity contribution >= 4 is 15.9 Å². The molecule has 2 aromatic rings. The largest absolute Gasteiger partial charge is 0.459 e. The molecule has 0 saturated carbocycles. The smallest absolute Gasteiger partial charge is 0.290 e. The number of amides is 1. The topological polar surface area (TPSA) is 79.6 Å². The van der Waals surface area contributed by atoms with E-state index in [2.05, 4.69) is 4.72 Å². The van der Waals surface area contributed by atoms with Crippen LogP contribution in [0, 0.1) is 5.92 Å². The molecule has 1 atom stereocenters. The molecule has 0 spiro atoms. The van der Waals surface area contributed by atoms with Gasteiger partial charge in [0, 0.05) is 25.2 Å². The predicted molar refractivity (Wildman–Crippen MR) is 95.6 cm³/mol. The van der Waals surface area contributed by atoms with Crippen LogP contribution in [0.1, 0.15) is 23.4 Å². The summed E-state index contributed by atoms with van der Waals surface area (Å²) in [6, 6.07) is 11.5. The standard InChI is InChI=1S/C18H22N2O4S/c1-25(22,23)19-12-14-6-5-10-20(13-14)18(21)17-16(9-11-24-17)15-7-3-2-4-8-15/h2-4,7-9,11,14,19H,5-6,10,12-13H2,1H3. The molecule has 1 N–H and O–H groups in total. The first-order valence-electron chi connectivity index (χ1n) is 8.31. The van der Waals surface area contributed by atoms with Crippen molar-refractivity contribution < 1.29 is 17.6 Å². The number of furan rings is 1. The Hall–Kier alpha value is -2.12. The third-order valence-corrected chi connectivity index (χ3v) is 5.08. The van der Waals surface area contributed by atoms with Gasteiger partial charge in [-0.2, -0.15) is 0 Å². The van der Waals surface area contributed by atoms with Gasteiger partial charge in [-0.3, -0.25) is 4.79 Å². The number of hydrogen-bond acceptors (Lipinski definition) is 4. The van der Waals surface area contributed by atoms with Crippen molar-refractivity contribution in [1.29, 1.82) is 0 Å². The summed E-state index contributed by atoms with van der Waals surface area (Å²) in [6.07, 6.45) is 4.43. The van der Waals surface area contributed by atoms with Gasteiger partial charge in [0.2, 0.25) is 10.0 Å². The van der Waals surface area contributed by atoms with Crippen molar-refractivity contribution in [3.05, 3.63) is 48.4 Å². The van der Waals surface area contributed by atoms with Crippen LogP contribution < -0.4 is 4.72 Å². The Balaban J connectivity index is 1.72. The molecule has 25 heavy (non-hydrogen) atoms. The molecule has 2 heterocycles. The van der Waals surface area contributed by atoms with Crippen LogP contribution in [-0.2, 0) is 10.0 Å². The lowest BCUT2D eigenvalue weighted by atomic mass is 9.97. The van der Waals surface area contributed by atoms with Crippen LogP contribution in [0.15, 0.2) is 47.1 Å². The second-order valence-electron chi connectivity index (χ2n) is 6.41. The highest BCUT2D eigenvalue weighted by Gasteiger charge is 2.28. The number of rotatable bonds is 5. The van der Waals surface area contributed by atoms with Crippen LogP contribution in [0.2, 0.25) is 0 Å². The summed E-state index contributed by atoms with van der Waals surface area (Å²) in [5, 5.41) is 0. The van der Waals surface area contributed by atoms with Crippen molar-refractivity contribution in [3.8, 4) is 11.1 Å². The summed E-state index contributed by atoms with van der Waals surface area (Å²) in [6.45, 7) is 1.53. The Morgan fingerprint density at radius 2 is 2.04 bits per heavy atom. The quantitative estimate of drug-likeness (QED) is 0.885. The van der Waals surface area contributed by atoms with Gasteiger partial charge in [-0.1, -0.05) is 30.3 Å². The molecule has 3 rings (SSSR count). The van der Waals surface area contributed by atoms with E-state index < -0.39 is 10.0 Å². The van der Waals surface area contributed by atoms with Gasteiger partial charge in [0.1, 0.15) is 0 Å². The number of carbonyl (C=O) groups excluding carboxylic acids is 1. The van der Waals surface area contributed by atoms with E-state index in [1.807, 2.05) is 30.3 Å². The van der Waals surface area contributed by atoms with E-state index in [4.69, 9.17) is 4.42 Å². The van der Waals surface area contributed by atoms with Crippen molar-refractivity contribution in [1.82, 2.24) is 9.62 Å². The minimum Gasteiger partial charge on any atom is -0.459 e. The number of carbonyl (C=O) groups is 1. The Labute approximate surface area is 147 Å². The van der Waals surface area contributed by atoms with Gasteiger partial charge in [-0.25, -0.2) is 13.1 Å². The predicted octanol–water partition coefficient (Wildman–Crippen LogP) is 2.35. The second-order valence-corrected chi connectivity index (χ2v) is 8.24. The molecule has 1 amide bonds. The first-order chi connectivity index (χ1) is 11.9. The first kappa shape index (κ1) is 17.7. The lowest BCUT2D eigenvalue weighted by Crippen LogP contribution is -2.43. The molecule has 1 aliphatic heterocycles. The molecule has 0 aliphatic carbocycles. The summed E-state index contributed by atoms with van der Waals surface area (Å²) in [5.74, 6) is 0.304. The highest BCUT2D eigenvalue weighted by atomic mass is 32.2. The first-order valence-corrected chi connectivity index (χ1v) is 10.2. The molecular formula is C18H22N2O4S. The van der Waals surface area contributed by atoms with E-state index in [0.29, 0.717) is 25.4 Å². The maximum Gasteiger partial charge on any atom is 0.290 e. The molecule has 1 aromatic carbocycles. The molecule has 0 radical (unpaired) electrons. The van der Waals surface area contributed by atoms with Crippen molar-refractivity contribution in [3.63, 3.8) is 0 Å². The molecule has 1 fully saturated rings. The highest BCUT2D eigenvalue weighted by molar-refractivity contribution is 7.88. The third-order valence-electron chi connectivity index (χ3n) is 4.38. The van der Waals surface area contributed by atoms with E-state index in [9.17, 15) is 13.2 Å². The molecule has 134 valence electrons. The fourth-order valence-corrected chi connectivity index (χ4v) is 3.69. The van der Waals surface area contributed by atoms with Gasteiger partial charge < -0.3 is 9.32 Å². The van der Waals surface area contributed by atoms with Gasteiger partial charge >= 0.3 is 0 Å². The van der Waals surface area contributed by atoms with E-state index >= 15 is 0 Å². The van der Waals surface area contributed by atoms with Gasteiger partial charge in [-0.05, 0) is 30.4 Å². The zero-order valence-corrected chi connectivity index (χ0v) is 15.0. The van der Waals surface area contributed by atoms with Crippen LogP contribution >= 0.6 is 0 Å². The molecular weight excluding hydrogens is 340 g/mol. The summed E-state index contributed by atoms with van der Waals surface area (Å²) in [4.78, 5) is 14.6. The van der Waals surface area contributed by atoms with Gasteiger partial charge in [-0.15, -0.1) is 0 Å². The number of piperidine rings is 1. The Bertz CT molecular complexity index is 830. The highest BCUT2D eigenvalue weighted by Crippen LogP contribution is 2.27. The molecule has 0 bridgehead atoms. The summed E-state index contributed by atoms with van der Waals surface area (Å²) < 4.78 is 30.6. The third kappa shape index (κ3) is 4.49. The molecule has 1 saturated heterocycles. The maximum atomic E-state index is 12.9. The minimum absolute atomic E-state index is 0.113. The van der Waals surface area contributed by atoms with Gasteiger partial charge in [0.25, 0.3) is 5.91 Å².